The summed E-state index contributed by atoms with van der Waals surface area (Å²) in [6, 6.07) is 0. The van der Waals surface area contributed by atoms with E-state index in [4.69, 9.17) is 0 Å². The maximum absolute atomic E-state index is 3.26. The van der Waals surface area contributed by atoms with Gasteiger partial charge < -0.3 is 5.32 Å². The Hall–Kier alpha value is -0.720. The molecule has 1 rings (SSSR count). The molecule has 0 bridgehead atoms. The average Bonchev–Trinajstić information content (AvgIpc) is 1.54. The molecule has 0 spiro atoms. The van der Waals surface area contributed by atoms with Crippen molar-refractivity contribution in [1.82, 2.24) is 5.32 Å². The van der Waals surface area contributed by atoms with Gasteiger partial charge in [0, 0.05) is 16.8 Å². The molecule has 1 aliphatic rings. The van der Waals surface area contributed by atoms with Gasteiger partial charge in [-0.15, -0.1) is 0 Å². The summed E-state index contributed by atoms with van der Waals surface area (Å²) in [5.41, 5.74) is 2.74. The lowest BCUT2D eigenvalue weighted by Gasteiger charge is -2.24. The third-order valence-electron chi connectivity index (χ3n) is 1.57. The van der Waals surface area contributed by atoms with Crippen LogP contribution in [0.4, 0.5) is 0 Å². The van der Waals surface area contributed by atoms with Crippen molar-refractivity contribution in [2.75, 3.05) is 0 Å². The van der Waals surface area contributed by atoms with Crippen LogP contribution >= 0.6 is 0 Å². The fourth-order valence-electron chi connectivity index (χ4n) is 1.54. The third-order valence-corrected chi connectivity index (χ3v) is 1.57. The third kappa shape index (κ3) is 1.63. The lowest BCUT2D eigenvalue weighted by Crippen LogP contribution is -2.20. The van der Waals surface area contributed by atoms with Crippen molar-refractivity contribution < 1.29 is 0 Å². The highest BCUT2D eigenvalue weighted by atomic mass is 14.9. The van der Waals surface area contributed by atoms with E-state index in [0.29, 0.717) is 0 Å². The average molecular weight is 137 g/mol. The maximum Gasteiger partial charge on any atom is 0.00849 e. The first-order valence-corrected chi connectivity index (χ1v) is 3.65. The molecule has 1 heteroatoms. The summed E-state index contributed by atoms with van der Waals surface area (Å²) < 4.78 is 0. The SMILES string of the molecule is CC1=CC(C)(C)C=C(C)N1. The van der Waals surface area contributed by atoms with Crippen molar-refractivity contribution in [3.63, 3.8) is 0 Å². The molecule has 1 N–H and O–H groups in total. The molecule has 0 saturated carbocycles. The minimum Gasteiger partial charge on any atom is -0.363 e. The van der Waals surface area contributed by atoms with E-state index in [9.17, 15) is 0 Å². The van der Waals surface area contributed by atoms with Gasteiger partial charge in [-0.25, -0.2) is 0 Å². The quantitative estimate of drug-likeness (QED) is 0.540. The van der Waals surface area contributed by atoms with E-state index in [-0.39, 0.29) is 5.41 Å². The van der Waals surface area contributed by atoms with Crippen LogP contribution in [0.15, 0.2) is 23.5 Å². The predicted octanol–water partition coefficient (Wildman–Crippen LogP) is 2.42. The monoisotopic (exact) mass is 137 g/mol. The van der Waals surface area contributed by atoms with Gasteiger partial charge in [-0.3, -0.25) is 0 Å². The van der Waals surface area contributed by atoms with Crippen molar-refractivity contribution in [2.24, 2.45) is 5.41 Å². The van der Waals surface area contributed by atoms with E-state index in [1.807, 2.05) is 0 Å². The molecular weight excluding hydrogens is 122 g/mol. The van der Waals surface area contributed by atoms with Gasteiger partial charge >= 0.3 is 0 Å². The fraction of sp³-hybridized carbons (Fsp3) is 0.556. The van der Waals surface area contributed by atoms with Gasteiger partial charge in [0.05, 0.1) is 0 Å². The molecule has 0 radical (unpaired) electrons. The number of dihydropyridines is 1. The molecular formula is C9H15N. The molecule has 0 aromatic rings. The number of hydrogen-bond acceptors (Lipinski definition) is 1. The molecule has 0 saturated heterocycles. The lowest BCUT2D eigenvalue weighted by atomic mass is 9.89. The Labute approximate surface area is 62.8 Å². The molecule has 0 aromatic heterocycles. The van der Waals surface area contributed by atoms with Crippen LogP contribution in [0.5, 0.6) is 0 Å². The van der Waals surface area contributed by atoms with Crippen LogP contribution in [0.25, 0.3) is 0 Å². The van der Waals surface area contributed by atoms with Crippen molar-refractivity contribution in [2.45, 2.75) is 27.7 Å². The highest BCUT2D eigenvalue weighted by Gasteiger charge is 2.15. The first-order chi connectivity index (χ1) is 4.49. The second-order valence-corrected chi connectivity index (χ2v) is 3.60. The molecule has 0 atom stereocenters. The Bertz CT molecular complexity index is 177. The second-order valence-electron chi connectivity index (χ2n) is 3.60. The summed E-state index contributed by atoms with van der Waals surface area (Å²) >= 11 is 0. The smallest absolute Gasteiger partial charge is 0.00849 e. The van der Waals surface area contributed by atoms with E-state index in [1.54, 1.807) is 0 Å². The molecule has 1 heterocycles. The minimum absolute atomic E-state index is 0.236. The van der Waals surface area contributed by atoms with Gasteiger partial charge in [0.15, 0.2) is 0 Å². The fourth-order valence-corrected chi connectivity index (χ4v) is 1.54. The zero-order valence-electron chi connectivity index (χ0n) is 7.15. The highest BCUT2D eigenvalue weighted by molar-refractivity contribution is 5.23. The van der Waals surface area contributed by atoms with Crippen LogP contribution in [0.3, 0.4) is 0 Å². The summed E-state index contributed by atoms with van der Waals surface area (Å²) in [4.78, 5) is 0. The molecule has 56 valence electrons. The van der Waals surface area contributed by atoms with Crippen molar-refractivity contribution >= 4 is 0 Å². The van der Waals surface area contributed by atoms with Gasteiger partial charge in [0.25, 0.3) is 0 Å². The van der Waals surface area contributed by atoms with E-state index in [1.165, 1.54) is 11.4 Å². The predicted molar refractivity (Wildman–Crippen MR) is 44.4 cm³/mol. The van der Waals surface area contributed by atoms with E-state index >= 15 is 0 Å². The van der Waals surface area contributed by atoms with Crippen molar-refractivity contribution in [1.29, 1.82) is 0 Å². The Balaban J connectivity index is 2.88. The number of nitrogens with one attached hydrogen (secondary N) is 1. The van der Waals surface area contributed by atoms with E-state index in [0.717, 1.165) is 0 Å². The topological polar surface area (TPSA) is 12.0 Å². The molecule has 0 aliphatic carbocycles. The zero-order valence-corrected chi connectivity index (χ0v) is 7.15. The zero-order chi connectivity index (χ0) is 7.78. The van der Waals surface area contributed by atoms with Crippen molar-refractivity contribution in [3.05, 3.63) is 23.5 Å². The molecule has 0 fully saturated rings. The van der Waals surface area contributed by atoms with Crippen LogP contribution in [0, 0.1) is 5.41 Å². The Morgan fingerprint density at radius 1 is 1.10 bits per heavy atom. The van der Waals surface area contributed by atoms with Gasteiger partial charge in [-0.2, -0.15) is 0 Å². The molecule has 10 heavy (non-hydrogen) atoms. The normalized spacial score (nSPS) is 22.8. The van der Waals surface area contributed by atoms with Gasteiger partial charge in [-0.1, -0.05) is 26.0 Å². The van der Waals surface area contributed by atoms with E-state index < -0.39 is 0 Å². The molecule has 0 unspecified atom stereocenters. The van der Waals surface area contributed by atoms with Gasteiger partial charge in [-0.05, 0) is 13.8 Å². The van der Waals surface area contributed by atoms with E-state index in [2.05, 4.69) is 45.2 Å². The van der Waals surface area contributed by atoms with Crippen LogP contribution in [-0.2, 0) is 0 Å². The van der Waals surface area contributed by atoms with Gasteiger partial charge in [0.1, 0.15) is 0 Å². The Kier molecular flexibility index (Phi) is 1.59. The van der Waals surface area contributed by atoms with Crippen LogP contribution in [0.2, 0.25) is 0 Å². The van der Waals surface area contributed by atoms with Crippen LogP contribution in [0.1, 0.15) is 27.7 Å². The summed E-state index contributed by atoms with van der Waals surface area (Å²) in [7, 11) is 0. The standard InChI is InChI=1S/C9H15N/c1-7-5-9(3,4)6-8(2)10-7/h5-6,10H,1-4H3. The minimum atomic E-state index is 0.236. The van der Waals surface area contributed by atoms with Crippen molar-refractivity contribution in [3.8, 4) is 0 Å². The second kappa shape index (κ2) is 2.15. The first kappa shape index (κ1) is 7.39. The highest BCUT2D eigenvalue weighted by Crippen LogP contribution is 2.25. The molecule has 1 nitrogen and oxygen atoms in total. The van der Waals surface area contributed by atoms with Gasteiger partial charge in [0.2, 0.25) is 0 Å². The Morgan fingerprint density at radius 3 is 1.80 bits per heavy atom. The van der Waals surface area contributed by atoms with Crippen LogP contribution in [-0.4, -0.2) is 0 Å². The number of allylic oxidation sites excluding steroid dienone is 4. The Morgan fingerprint density at radius 2 is 1.50 bits per heavy atom. The maximum atomic E-state index is 3.26. The first-order valence-electron chi connectivity index (χ1n) is 3.65. The molecule has 0 aromatic carbocycles. The largest absolute Gasteiger partial charge is 0.363 e. The van der Waals surface area contributed by atoms with Crippen LogP contribution < -0.4 is 5.32 Å². The number of hydrogen-bond donors (Lipinski definition) is 1. The summed E-state index contributed by atoms with van der Waals surface area (Å²) in [6.45, 7) is 8.61. The summed E-state index contributed by atoms with van der Waals surface area (Å²) in [5, 5.41) is 3.26. The lowest BCUT2D eigenvalue weighted by molar-refractivity contribution is 0.588. The number of rotatable bonds is 0. The molecule has 0 amide bonds. The molecule has 1 aliphatic heterocycles. The summed E-state index contributed by atoms with van der Waals surface area (Å²) in [5.74, 6) is 0. The summed E-state index contributed by atoms with van der Waals surface area (Å²) in [6.07, 6.45) is 4.47.